The number of unbranched alkanes of at least 4 members (excludes halogenated alkanes) is 1. The average Bonchev–Trinajstić information content (AvgIpc) is 3.16. The number of anilines is 1. The monoisotopic (exact) mass is 332 g/mol. The van der Waals surface area contributed by atoms with Crippen LogP contribution in [-0.4, -0.2) is 17.5 Å². The number of aromatic nitrogens is 1. The highest BCUT2D eigenvalue weighted by Gasteiger charge is 2.11. The third-order valence-electron chi connectivity index (χ3n) is 3.09. The number of nitrogens with one attached hydrogen (secondary N) is 1. The Balaban J connectivity index is 1.73. The molecule has 0 bridgehead atoms. The molecule has 1 amide bonds. The Labute approximate surface area is 136 Å². The number of hydrogen-bond donors (Lipinski definition) is 1. The van der Waals surface area contributed by atoms with Crippen molar-refractivity contribution in [2.45, 2.75) is 19.8 Å². The number of thiophene rings is 1. The number of carbonyl (C=O) groups excluding carboxylic acids is 1. The number of rotatable bonds is 6. The Bertz CT molecular complexity index is 766. The van der Waals surface area contributed by atoms with Crippen molar-refractivity contribution >= 4 is 43.9 Å². The molecule has 6 heteroatoms. The van der Waals surface area contributed by atoms with Crippen molar-refractivity contribution in [3.05, 3.63) is 40.6 Å². The zero-order valence-electron chi connectivity index (χ0n) is 12.2. The minimum absolute atomic E-state index is 0.117. The summed E-state index contributed by atoms with van der Waals surface area (Å²) in [7, 11) is 0. The van der Waals surface area contributed by atoms with Crippen LogP contribution in [0.25, 0.3) is 10.2 Å². The number of carbonyl (C=O) groups is 1. The minimum atomic E-state index is -0.117. The molecule has 114 valence electrons. The molecule has 0 saturated carbocycles. The van der Waals surface area contributed by atoms with E-state index < -0.39 is 0 Å². The van der Waals surface area contributed by atoms with Crippen molar-refractivity contribution in [1.29, 1.82) is 0 Å². The van der Waals surface area contributed by atoms with Gasteiger partial charge < -0.3 is 4.74 Å². The van der Waals surface area contributed by atoms with Gasteiger partial charge in [-0.25, -0.2) is 4.98 Å². The van der Waals surface area contributed by atoms with Crippen LogP contribution in [-0.2, 0) is 0 Å². The van der Waals surface area contributed by atoms with E-state index in [-0.39, 0.29) is 5.91 Å². The number of benzene rings is 1. The Morgan fingerprint density at radius 2 is 2.27 bits per heavy atom. The Morgan fingerprint density at radius 3 is 3.05 bits per heavy atom. The number of hydrogen-bond acceptors (Lipinski definition) is 5. The molecule has 0 aliphatic carbocycles. The van der Waals surface area contributed by atoms with Crippen LogP contribution in [0, 0.1) is 0 Å². The Hall–Kier alpha value is -1.92. The summed E-state index contributed by atoms with van der Waals surface area (Å²) in [6, 6.07) is 9.48. The Morgan fingerprint density at radius 1 is 1.36 bits per heavy atom. The van der Waals surface area contributed by atoms with E-state index in [0.29, 0.717) is 10.0 Å². The summed E-state index contributed by atoms with van der Waals surface area (Å²) in [5.74, 6) is 0.731. The topological polar surface area (TPSA) is 51.2 Å². The van der Waals surface area contributed by atoms with Crippen molar-refractivity contribution in [2.75, 3.05) is 11.9 Å². The molecule has 2 aromatic heterocycles. The molecule has 4 nitrogen and oxygen atoms in total. The maximum atomic E-state index is 12.0. The molecule has 22 heavy (non-hydrogen) atoms. The first kappa shape index (κ1) is 15.0. The van der Waals surface area contributed by atoms with Gasteiger partial charge in [0.15, 0.2) is 5.13 Å². The lowest BCUT2D eigenvalue weighted by atomic mass is 10.3. The largest absolute Gasteiger partial charge is 0.494 e. The number of fused-ring (bicyclic) bond motifs is 1. The molecule has 2 heterocycles. The van der Waals surface area contributed by atoms with E-state index in [9.17, 15) is 4.79 Å². The molecule has 0 atom stereocenters. The van der Waals surface area contributed by atoms with E-state index in [1.165, 1.54) is 22.7 Å². The third-order valence-corrected chi connectivity index (χ3v) is 4.89. The fraction of sp³-hybridized carbons (Fsp3) is 0.250. The van der Waals surface area contributed by atoms with E-state index in [0.717, 1.165) is 35.4 Å². The fourth-order valence-electron chi connectivity index (χ4n) is 1.95. The van der Waals surface area contributed by atoms with E-state index in [4.69, 9.17) is 4.74 Å². The lowest BCUT2D eigenvalue weighted by Gasteiger charge is -2.04. The summed E-state index contributed by atoms with van der Waals surface area (Å²) in [5, 5.41) is 5.34. The van der Waals surface area contributed by atoms with Crippen LogP contribution in [0.4, 0.5) is 5.13 Å². The Kier molecular flexibility index (Phi) is 4.70. The molecule has 0 aliphatic heterocycles. The van der Waals surface area contributed by atoms with Crippen molar-refractivity contribution < 1.29 is 9.53 Å². The van der Waals surface area contributed by atoms with Crippen molar-refractivity contribution in [3.63, 3.8) is 0 Å². The first-order valence-corrected chi connectivity index (χ1v) is 8.84. The lowest BCUT2D eigenvalue weighted by molar-refractivity contribution is 0.103. The highest BCUT2D eigenvalue weighted by atomic mass is 32.1. The summed E-state index contributed by atoms with van der Waals surface area (Å²) in [4.78, 5) is 17.2. The van der Waals surface area contributed by atoms with Crippen LogP contribution >= 0.6 is 22.7 Å². The van der Waals surface area contributed by atoms with Crippen LogP contribution in [0.15, 0.2) is 35.7 Å². The average molecular weight is 332 g/mol. The fourth-order valence-corrected chi connectivity index (χ4v) is 3.46. The number of nitrogens with zero attached hydrogens (tertiary/aromatic N) is 1. The highest BCUT2D eigenvalue weighted by Crippen LogP contribution is 2.29. The van der Waals surface area contributed by atoms with E-state index in [1.54, 1.807) is 6.07 Å². The van der Waals surface area contributed by atoms with E-state index in [2.05, 4.69) is 17.2 Å². The molecular formula is C16H16N2O2S2. The maximum Gasteiger partial charge on any atom is 0.267 e. The second-order valence-corrected chi connectivity index (χ2v) is 6.76. The van der Waals surface area contributed by atoms with Crippen molar-refractivity contribution in [3.8, 4) is 5.75 Å². The molecule has 0 unspecified atom stereocenters. The molecule has 0 radical (unpaired) electrons. The number of thiazole rings is 1. The van der Waals surface area contributed by atoms with Crippen LogP contribution in [0.2, 0.25) is 0 Å². The van der Waals surface area contributed by atoms with Crippen LogP contribution in [0.5, 0.6) is 5.75 Å². The predicted octanol–water partition coefficient (Wildman–Crippen LogP) is 4.79. The standard InChI is InChI=1S/C16H16N2O2S2/c1-2-3-8-20-11-6-7-12-14(10-11)22-16(17-12)18-15(19)13-5-4-9-21-13/h4-7,9-10H,2-3,8H2,1H3,(H,17,18,19). The second-order valence-electron chi connectivity index (χ2n) is 4.78. The first-order valence-electron chi connectivity index (χ1n) is 7.14. The van der Waals surface area contributed by atoms with Gasteiger partial charge in [-0.3, -0.25) is 10.1 Å². The molecule has 0 fully saturated rings. The zero-order valence-corrected chi connectivity index (χ0v) is 13.8. The molecule has 0 spiro atoms. The second kappa shape index (κ2) is 6.89. The highest BCUT2D eigenvalue weighted by molar-refractivity contribution is 7.22. The predicted molar refractivity (Wildman–Crippen MR) is 92.3 cm³/mol. The number of amides is 1. The zero-order chi connectivity index (χ0) is 15.4. The van der Waals surface area contributed by atoms with E-state index in [1.807, 2.05) is 29.6 Å². The summed E-state index contributed by atoms with van der Waals surface area (Å²) in [5.41, 5.74) is 0.870. The van der Waals surface area contributed by atoms with Gasteiger partial charge in [0, 0.05) is 0 Å². The van der Waals surface area contributed by atoms with Gasteiger partial charge in [-0.15, -0.1) is 11.3 Å². The van der Waals surface area contributed by atoms with Crippen LogP contribution < -0.4 is 10.1 Å². The molecule has 3 aromatic rings. The minimum Gasteiger partial charge on any atom is -0.494 e. The summed E-state index contributed by atoms with van der Waals surface area (Å²) >= 11 is 2.87. The van der Waals surface area contributed by atoms with Crippen LogP contribution in [0.1, 0.15) is 29.4 Å². The van der Waals surface area contributed by atoms with Gasteiger partial charge in [0.05, 0.1) is 21.7 Å². The van der Waals surface area contributed by atoms with Gasteiger partial charge in [0.1, 0.15) is 5.75 Å². The van der Waals surface area contributed by atoms with E-state index >= 15 is 0 Å². The third kappa shape index (κ3) is 3.45. The summed E-state index contributed by atoms with van der Waals surface area (Å²) in [6.07, 6.45) is 2.16. The smallest absolute Gasteiger partial charge is 0.267 e. The number of ether oxygens (including phenoxy) is 1. The van der Waals surface area contributed by atoms with Crippen molar-refractivity contribution in [2.24, 2.45) is 0 Å². The van der Waals surface area contributed by atoms with Gasteiger partial charge >= 0.3 is 0 Å². The molecule has 0 saturated heterocycles. The lowest BCUT2D eigenvalue weighted by Crippen LogP contribution is -2.09. The van der Waals surface area contributed by atoms with Gasteiger partial charge in [-0.05, 0) is 36.1 Å². The van der Waals surface area contributed by atoms with Gasteiger partial charge in [-0.2, -0.15) is 0 Å². The molecule has 3 rings (SSSR count). The summed E-state index contributed by atoms with van der Waals surface area (Å²) in [6.45, 7) is 2.86. The molecule has 0 aliphatic rings. The molecule has 1 N–H and O–H groups in total. The van der Waals surface area contributed by atoms with Crippen LogP contribution in [0.3, 0.4) is 0 Å². The first-order chi connectivity index (χ1) is 10.8. The van der Waals surface area contributed by atoms with Gasteiger partial charge in [0.25, 0.3) is 5.91 Å². The van der Waals surface area contributed by atoms with Gasteiger partial charge in [-0.1, -0.05) is 30.7 Å². The molecule has 1 aromatic carbocycles. The van der Waals surface area contributed by atoms with Crippen molar-refractivity contribution in [1.82, 2.24) is 4.98 Å². The normalized spacial score (nSPS) is 10.8. The summed E-state index contributed by atoms with van der Waals surface area (Å²) < 4.78 is 6.71. The SMILES string of the molecule is CCCCOc1ccc2nc(NC(=O)c3cccs3)sc2c1. The van der Waals surface area contributed by atoms with Gasteiger partial charge in [0.2, 0.25) is 0 Å². The molecular weight excluding hydrogens is 316 g/mol. The quantitative estimate of drug-likeness (QED) is 0.660. The maximum absolute atomic E-state index is 12.0.